The summed E-state index contributed by atoms with van der Waals surface area (Å²) < 4.78 is 2.47. The Bertz CT molecular complexity index is 1020. The zero-order valence-corrected chi connectivity index (χ0v) is 15.0. The molecular formula is C22H24N4. The van der Waals surface area contributed by atoms with Gasteiger partial charge in [0.05, 0.1) is 17.0 Å². The smallest absolute Gasteiger partial charge is 0.137 e. The minimum absolute atomic E-state index is 0.567. The minimum atomic E-state index is 0.567. The van der Waals surface area contributed by atoms with E-state index in [1.165, 1.54) is 54.2 Å². The average Bonchev–Trinajstić information content (AvgIpc) is 3.36. The Labute approximate surface area is 153 Å². The number of H-pyrrole nitrogens is 1. The highest BCUT2D eigenvalue weighted by molar-refractivity contribution is 5.88. The molecule has 26 heavy (non-hydrogen) atoms. The van der Waals surface area contributed by atoms with Crippen molar-refractivity contribution in [2.75, 3.05) is 0 Å². The van der Waals surface area contributed by atoms with Gasteiger partial charge in [-0.1, -0.05) is 43.6 Å². The van der Waals surface area contributed by atoms with Gasteiger partial charge in [-0.25, -0.2) is 9.98 Å². The summed E-state index contributed by atoms with van der Waals surface area (Å²) in [7, 11) is 0. The highest BCUT2D eigenvalue weighted by Gasteiger charge is 2.21. The van der Waals surface area contributed by atoms with Crippen LogP contribution in [0.3, 0.4) is 0 Å². The van der Waals surface area contributed by atoms with Crippen LogP contribution in [0.15, 0.2) is 47.9 Å². The molecular weight excluding hydrogens is 320 g/mol. The summed E-state index contributed by atoms with van der Waals surface area (Å²) in [5, 5.41) is 2.45. The fourth-order valence-corrected chi connectivity index (χ4v) is 4.49. The molecule has 3 aliphatic rings. The molecule has 0 aromatic carbocycles. The SMILES string of the molecule is C1=CCC(=c2ncn(C3CCCCC3)c2=C2CC=Nc3[nH]ccc32)C=C1. The molecule has 132 valence electrons. The summed E-state index contributed by atoms with van der Waals surface area (Å²) in [6.07, 6.45) is 23.1. The Morgan fingerprint density at radius 3 is 2.85 bits per heavy atom. The van der Waals surface area contributed by atoms with E-state index in [0.717, 1.165) is 24.0 Å². The van der Waals surface area contributed by atoms with Gasteiger partial charge in [0.25, 0.3) is 0 Å². The first-order valence-corrected chi connectivity index (χ1v) is 9.74. The average molecular weight is 344 g/mol. The lowest BCUT2D eigenvalue weighted by Crippen LogP contribution is -2.37. The van der Waals surface area contributed by atoms with Crippen LogP contribution in [-0.2, 0) is 0 Å². The van der Waals surface area contributed by atoms with Gasteiger partial charge in [0, 0.05) is 30.4 Å². The summed E-state index contributed by atoms with van der Waals surface area (Å²) in [6.45, 7) is 0. The number of aromatic amines is 1. The Morgan fingerprint density at radius 2 is 2.00 bits per heavy atom. The van der Waals surface area contributed by atoms with Gasteiger partial charge < -0.3 is 9.55 Å². The molecule has 0 bridgehead atoms. The zero-order valence-electron chi connectivity index (χ0n) is 15.0. The Balaban J connectivity index is 1.81. The highest BCUT2D eigenvalue weighted by atomic mass is 15.1. The molecule has 4 nitrogen and oxygen atoms in total. The maximum Gasteiger partial charge on any atom is 0.137 e. The lowest BCUT2D eigenvalue weighted by Gasteiger charge is -2.24. The predicted octanol–water partition coefficient (Wildman–Crippen LogP) is 3.69. The second kappa shape index (κ2) is 6.60. The molecule has 3 heterocycles. The largest absolute Gasteiger partial charge is 0.346 e. The van der Waals surface area contributed by atoms with Crippen LogP contribution < -0.4 is 10.7 Å². The number of fused-ring (bicyclic) bond motifs is 1. The predicted molar refractivity (Wildman–Crippen MR) is 106 cm³/mol. The number of aromatic nitrogens is 3. The number of hydrogen-bond donors (Lipinski definition) is 1. The van der Waals surface area contributed by atoms with E-state index in [4.69, 9.17) is 4.98 Å². The highest BCUT2D eigenvalue weighted by Crippen LogP contribution is 2.30. The summed E-state index contributed by atoms with van der Waals surface area (Å²) in [6, 6.07) is 2.72. The second-order valence-electron chi connectivity index (χ2n) is 7.39. The number of aliphatic imine (C=N–C) groups is 1. The number of allylic oxidation sites excluding steroid dienone is 4. The number of nitrogens with zero attached hydrogens (tertiary/aromatic N) is 3. The lowest BCUT2D eigenvalue weighted by atomic mass is 9.94. The maximum atomic E-state index is 4.91. The standard InChI is InChI=1S/C22H24N4/c1-3-7-16(8-4-1)20-21(18-11-13-23-22-19(18)12-14-24-22)26(15-25-20)17-9-5-2-6-10-17/h1,3-4,7,12-15,17,24H,2,5-6,8-11H2. The minimum Gasteiger partial charge on any atom is -0.346 e. The van der Waals surface area contributed by atoms with Crippen molar-refractivity contribution in [3.05, 3.63) is 59.2 Å². The Kier molecular flexibility index (Phi) is 3.96. The van der Waals surface area contributed by atoms with E-state index in [-0.39, 0.29) is 0 Å². The fourth-order valence-electron chi connectivity index (χ4n) is 4.49. The molecule has 1 aliphatic heterocycles. The van der Waals surface area contributed by atoms with Gasteiger partial charge in [-0.15, -0.1) is 0 Å². The van der Waals surface area contributed by atoms with E-state index in [2.05, 4.69) is 51.2 Å². The van der Waals surface area contributed by atoms with Gasteiger partial charge >= 0.3 is 0 Å². The summed E-state index contributed by atoms with van der Waals surface area (Å²) in [4.78, 5) is 12.7. The van der Waals surface area contributed by atoms with Crippen LogP contribution in [0.4, 0.5) is 5.82 Å². The topological polar surface area (TPSA) is 46.0 Å². The summed E-state index contributed by atoms with van der Waals surface area (Å²) >= 11 is 0. The Morgan fingerprint density at radius 1 is 1.08 bits per heavy atom. The van der Waals surface area contributed by atoms with Crippen molar-refractivity contribution in [1.29, 1.82) is 0 Å². The van der Waals surface area contributed by atoms with Crippen LogP contribution in [0.2, 0.25) is 0 Å². The van der Waals surface area contributed by atoms with Crippen molar-refractivity contribution in [3.63, 3.8) is 0 Å². The zero-order chi connectivity index (χ0) is 17.3. The molecule has 1 saturated carbocycles. The fraction of sp³-hybridized carbons (Fsp3) is 0.364. The molecule has 4 heteroatoms. The van der Waals surface area contributed by atoms with E-state index >= 15 is 0 Å². The van der Waals surface area contributed by atoms with E-state index < -0.39 is 0 Å². The van der Waals surface area contributed by atoms with Crippen LogP contribution in [0.25, 0.3) is 11.1 Å². The molecule has 0 atom stereocenters. The van der Waals surface area contributed by atoms with Crippen molar-refractivity contribution in [2.45, 2.75) is 51.0 Å². The number of imidazole rings is 1. The first-order valence-electron chi connectivity index (χ1n) is 9.74. The first-order chi connectivity index (χ1) is 12.9. The molecule has 0 radical (unpaired) electrons. The van der Waals surface area contributed by atoms with Gasteiger partial charge in [-0.05, 0) is 36.5 Å². The van der Waals surface area contributed by atoms with Crippen molar-refractivity contribution in [3.8, 4) is 0 Å². The van der Waals surface area contributed by atoms with Crippen molar-refractivity contribution in [1.82, 2.24) is 14.5 Å². The monoisotopic (exact) mass is 344 g/mol. The van der Waals surface area contributed by atoms with Crippen LogP contribution in [0, 0.1) is 0 Å². The van der Waals surface area contributed by atoms with Crippen LogP contribution in [-0.4, -0.2) is 20.7 Å². The number of hydrogen-bond acceptors (Lipinski definition) is 2. The quantitative estimate of drug-likeness (QED) is 0.842. The van der Waals surface area contributed by atoms with Gasteiger partial charge in [0.15, 0.2) is 0 Å². The second-order valence-corrected chi connectivity index (χ2v) is 7.39. The molecule has 5 rings (SSSR count). The van der Waals surface area contributed by atoms with Crippen LogP contribution >= 0.6 is 0 Å². The van der Waals surface area contributed by atoms with Crippen LogP contribution in [0.1, 0.15) is 56.6 Å². The van der Waals surface area contributed by atoms with Crippen molar-refractivity contribution >= 4 is 23.2 Å². The van der Waals surface area contributed by atoms with E-state index in [0.29, 0.717) is 6.04 Å². The van der Waals surface area contributed by atoms with Gasteiger partial charge in [-0.3, -0.25) is 0 Å². The Hall–Kier alpha value is -2.62. The molecule has 2 aromatic heterocycles. The number of nitrogens with one attached hydrogen (secondary N) is 1. The molecule has 2 aromatic rings. The molecule has 1 N–H and O–H groups in total. The van der Waals surface area contributed by atoms with Crippen LogP contribution in [0.5, 0.6) is 0 Å². The third-order valence-electron chi connectivity index (χ3n) is 5.80. The van der Waals surface area contributed by atoms with Crippen molar-refractivity contribution in [2.24, 2.45) is 4.99 Å². The molecule has 0 saturated heterocycles. The number of rotatable bonds is 1. The lowest BCUT2D eigenvalue weighted by molar-refractivity contribution is 0.348. The third-order valence-corrected chi connectivity index (χ3v) is 5.80. The van der Waals surface area contributed by atoms with E-state index in [1.54, 1.807) is 0 Å². The summed E-state index contributed by atoms with van der Waals surface area (Å²) in [5.41, 5.74) is 3.89. The third kappa shape index (κ3) is 2.61. The van der Waals surface area contributed by atoms with Gasteiger partial charge in [0.1, 0.15) is 5.82 Å². The molecule has 0 spiro atoms. The molecule has 0 unspecified atom stereocenters. The van der Waals surface area contributed by atoms with E-state index in [1.807, 2.05) is 12.4 Å². The first kappa shape index (κ1) is 15.6. The molecule has 2 aliphatic carbocycles. The normalized spacial score (nSPS) is 24.2. The molecule has 0 amide bonds. The van der Waals surface area contributed by atoms with Gasteiger partial charge in [0.2, 0.25) is 0 Å². The summed E-state index contributed by atoms with van der Waals surface area (Å²) in [5.74, 6) is 0.970. The van der Waals surface area contributed by atoms with Crippen molar-refractivity contribution < 1.29 is 0 Å². The maximum absolute atomic E-state index is 4.91. The molecule has 1 fully saturated rings. The van der Waals surface area contributed by atoms with Gasteiger partial charge in [-0.2, -0.15) is 0 Å². The van der Waals surface area contributed by atoms with E-state index in [9.17, 15) is 0 Å².